The van der Waals surface area contributed by atoms with Crippen molar-refractivity contribution in [2.24, 2.45) is 11.8 Å². The van der Waals surface area contributed by atoms with Gasteiger partial charge in [0.1, 0.15) is 0 Å². The molecule has 3 heteroatoms. The predicted molar refractivity (Wildman–Crippen MR) is 93.2 cm³/mol. The van der Waals surface area contributed by atoms with Crippen LogP contribution in [0, 0.1) is 11.8 Å². The van der Waals surface area contributed by atoms with Crippen LogP contribution >= 0.6 is 11.6 Å². The van der Waals surface area contributed by atoms with Crippen molar-refractivity contribution in [2.45, 2.75) is 13.0 Å². The largest absolute Gasteiger partial charge is 0.316 e. The molecule has 0 bridgehead atoms. The molecule has 2 aromatic rings. The highest BCUT2D eigenvalue weighted by Crippen LogP contribution is 2.21. The second-order valence-electron chi connectivity index (χ2n) is 6.13. The maximum Gasteiger partial charge on any atom is 0.0406 e. The van der Waals surface area contributed by atoms with Crippen LogP contribution in [0.5, 0.6) is 0 Å². The lowest BCUT2D eigenvalue weighted by atomic mass is 9.89. The number of nitrogens with one attached hydrogen (secondary N) is 2. The van der Waals surface area contributed by atoms with Crippen molar-refractivity contribution in [3.63, 3.8) is 0 Å². The maximum atomic E-state index is 5.92. The first-order valence-corrected chi connectivity index (χ1v) is 8.39. The van der Waals surface area contributed by atoms with Crippen LogP contribution in [0.4, 0.5) is 0 Å². The summed E-state index contributed by atoms with van der Waals surface area (Å²) in [7, 11) is 0. The summed E-state index contributed by atoms with van der Waals surface area (Å²) in [5, 5.41) is 7.93. The summed E-state index contributed by atoms with van der Waals surface area (Å²) >= 11 is 5.92. The molecule has 0 saturated carbocycles. The molecule has 0 aliphatic carbocycles. The van der Waals surface area contributed by atoms with Crippen LogP contribution in [0.25, 0.3) is 0 Å². The molecule has 22 heavy (non-hydrogen) atoms. The first kappa shape index (κ1) is 15.5. The number of benzene rings is 2. The molecule has 1 aliphatic rings. The zero-order chi connectivity index (χ0) is 15.2. The minimum atomic E-state index is 0.701. The Morgan fingerprint density at radius 3 is 2.41 bits per heavy atom. The van der Waals surface area contributed by atoms with E-state index in [1.807, 2.05) is 12.1 Å². The Kier molecular flexibility index (Phi) is 5.49. The van der Waals surface area contributed by atoms with E-state index in [2.05, 4.69) is 53.1 Å². The second-order valence-corrected chi connectivity index (χ2v) is 6.56. The monoisotopic (exact) mass is 314 g/mol. The number of hydrogen-bond acceptors (Lipinski definition) is 2. The molecule has 0 unspecified atom stereocenters. The third-order valence-electron chi connectivity index (χ3n) is 4.47. The smallest absolute Gasteiger partial charge is 0.0406 e. The Bertz CT molecular complexity index is 568. The van der Waals surface area contributed by atoms with Crippen molar-refractivity contribution in [2.75, 3.05) is 19.6 Å². The van der Waals surface area contributed by atoms with Gasteiger partial charge in [-0.2, -0.15) is 0 Å². The molecule has 0 amide bonds. The van der Waals surface area contributed by atoms with Gasteiger partial charge in [0, 0.05) is 11.6 Å². The molecule has 2 nitrogen and oxygen atoms in total. The molecule has 0 spiro atoms. The second kappa shape index (κ2) is 7.77. The zero-order valence-corrected chi connectivity index (χ0v) is 13.5. The van der Waals surface area contributed by atoms with Crippen molar-refractivity contribution in [3.8, 4) is 0 Å². The average molecular weight is 315 g/mol. The topological polar surface area (TPSA) is 24.1 Å². The highest BCUT2D eigenvalue weighted by atomic mass is 35.5. The van der Waals surface area contributed by atoms with E-state index in [0.717, 1.165) is 37.1 Å². The summed E-state index contributed by atoms with van der Waals surface area (Å²) in [4.78, 5) is 0. The first-order chi connectivity index (χ1) is 10.8. The van der Waals surface area contributed by atoms with E-state index < -0.39 is 0 Å². The van der Waals surface area contributed by atoms with Gasteiger partial charge < -0.3 is 10.6 Å². The molecule has 2 aromatic carbocycles. The summed E-state index contributed by atoms with van der Waals surface area (Å²) in [6.07, 6.45) is 1.17. The van der Waals surface area contributed by atoms with E-state index in [0.29, 0.717) is 5.92 Å². The quantitative estimate of drug-likeness (QED) is 0.852. The summed E-state index contributed by atoms with van der Waals surface area (Å²) < 4.78 is 0. The van der Waals surface area contributed by atoms with E-state index in [-0.39, 0.29) is 0 Å². The Morgan fingerprint density at radius 1 is 0.909 bits per heavy atom. The van der Waals surface area contributed by atoms with Crippen molar-refractivity contribution < 1.29 is 0 Å². The van der Waals surface area contributed by atoms with Crippen LogP contribution < -0.4 is 10.6 Å². The molecule has 0 radical (unpaired) electrons. The SMILES string of the molecule is Clc1ccc(CNC[C@@H]2CNC[C@@H]2Cc2ccccc2)cc1. The fraction of sp³-hybridized carbons (Fsp3) is 0.368. The standard InChI is InChI=1S/C19H23ClN2/c20-19-8-6-16(7-9-19)11-21-13-18-14-22-12-17(18)10-15-4-2-1-3-5-15/h1-9,17-18,21-22H,10-14H2/t17-,18+/m0/s1. The first-order valence-electron chi connectivity index (χ1n) is 8.01. The van der Waals surface area contributed by atoms with Crippen molar-refractivity contribution in [1.29, 1.82) is 0 Å². The van der Waals surface area contributed by atoms with Gasteiger partial charge in [0.2, 0.25) is 0 Å². The highest BCUT2D eigenvalue weighted by Gasteiger charge is 2.26. The Morgan fingerprint density at radius 2 is 1.64 bits per heavy atom. The van der Waals surface area contributed by atoms with Gasteiger partial charge in [-0.1, -0.05) is 54.1 Å². The number of rotatable bonds is 6. The van der Waals surface area contributed by atoms with Crippen LogP contribution in [-0.4, -0.2) is 19.6 Å². The molecule has 1 aliphatic heterocycles. The number of hydrogen-bond donors (Lipinski definition) is 2. The van der Waals surface area contributed by atoms with Gasteiger partial charge in [0.05, 0.1) is 0 Å². The van der Waals surface area contributed by atoms with E-state index in [1.54, 1.807) is 0 Å². The summed E-state index contributed by atoms with van der Waals surface area (Å²) in [5.74, 6) is 1.42. The van der Waals surface area contributed by atoms with Crippen molar-refractivity contribution >= 4 is 11.6 Å². The average Bonchev–Trinajstić information content (AvgIpc) is 2.98. The van der Waals surface area contributed by atoms with E-state index >= 15 is 0 Å². The van der Waals surface area contributed by atoms with Crippen LogP contribution in [0.2, 0.25) is 5.02 Å². The van der Waals surface area contributed by atoms with Crippen LogP contribution in [0.3, 0.4) is 0 Å². The Hall–Kier alpha value is -1.35. The van der Waals surface area contributed by atoms with Gasteiger partial charge in [-0.05, 0) is 61.2 Å². The minimum absolute atomic E-state index is 0.701. The summed E-state index contributed by atoms with van der Waals surface area (Å²) in [6, 6.07) is 18.9. The van der Waals surface area contributed by atoms with Crippen LogP contribution in [0.15, 0.2) is 54.6 Å². The van der Waals surface area contributed by atoms with Gasteiger partial charge in [0.15, 0.2) is 0 Å². The lowest BCUT2D eigenvalue weighted by Crippen LogP contribution is -2.28. The summed E-state index contributed by atoms with van der Waals surface area (Å²) in [6.45, 7) is 4.21. The fourth-order valence-electron chi connectivity index (χ4n) is 3.19. The Balaban J connectivity index is 1.48. The predicted octanol–water partition coefficient (Wildman–Crippen LogP) is 3.51. The lowest BCUT2D eigenvalue weighted by molar-refractivity contribution is 0.392. The zero-order valence-electron chi connectivity index (χ0n) is 12.8. The number of halogens is 1. The van der Waals surface area contributed by atoms with Gasteiger partial charge in [-0.15, -0.1) is 0 Å². The normalized spacial score (nSPS) is 21.1. The molecule has 116 valence electrons. The van der Waals surface area contributed by atoms with E-state index in [1.165, 1.54) is 17.5 Å². The van der Waals surface area contributed by atoms with Crippen molar-refractivity contribution in [3.05, 3.63) is 70.7 Å². The molecule has 2 N–H and O–H groups in total. The Labute approximate surface area is 137 Å². The van der Waals surface area contributed by atoms with Crippen LogP contribution in [0.1, 0.15) is 11.1 Å². The molecule has 1 fully saturated rings. The van der Waals surface area contributed by atoms with Gasteiger partial charge in [0.25, 0.3) is 0 Å². The molecule has 0 aromatic heterocycles. The maximum absolute atomic E-state index is 5.92. The third-order valence-corrected chi connectivity index (χ3v) is 4.72. The third kappa shape index (κ3) is 4.33. The molecule has 1 saturated heterocycles. The molecule has 1 heterocycles. The summed E-state index contributed by atoms with van der Waals surface area (Å²) in [5.41, 5.74) is 2.73. The molecule has 3 rings (SSSR count). The van der Waals surface area contributed by atoms with Crippen molar-refractivity contribution in [1.82, 2.24) is 10.6 Å². The molecular weight excluding hydrogens is 292 g/mol. The fourth-order valence-corrected chi connectivity index (χ4v) is 3.31. The van der Waals surface area contributed by atoms with Gasteiger partial charge in [-0.25, -0.2) is 0 Å². The minimum Gasteiger partial charge on any atom is -0.316 e. The molecule has 2 atom stereocenters. The van der Waals surface area contributed by atoms with E-state index in [9.17, 15) is 0 Å². The lowest BCUT2D eigenvalue weighted by Gasteiger charge is -2.19. The van der Waals surface area contributed by atoms with Gasteiger partial charge >= 0.3 is 0 Å². The van der Waals surface area contributed by atoms with E-state index in [4.69, 9.17) is 11.6 Å². The molecular formula is C19H23ClN2. The highest BCUT2D eigenvalue weighted by molar-refractivity contribution is 6.30. The van der Waals surface area contributed by atoms with Gasteiger partial charge in [-0.3, -0.25) is 0 Å². The van der Waals surface area contributed by atoms with Crippen LogP contribution in [-0.2, 0) is 13.0 Å².